The van der Waals surface area contributed by atoms with Gasteiger partial charge in [0.25, 0.3) is 0 Å². The summed E-state index contributed by atoms with van der Waals surface area (Å²) in [7, 11) is 0. The molecular weight excluding hydrogens is 326 g/mol. The zero-order valence-corrected chi connectivity index (χ0v) is 13.7. The Morgan fingerprint density at radius 1 is 1.16 bits per heavy atom. The lowest BCUT2D eigenvalue weighted by Crippen LogP contribution is -2.25. The van der Waals surface area contributed by atoms with Crippen molar-refractivity contribution in [2.75, 3.05) is 23.3 Å². The molecule has 1 aliphatic heterocycles. The molecule has 2 N–H and O–H groups in total. The zero-order valence-electron chi connectivity index (χ0n) is 13.7. The molecule has 1 aromatic heterocycles. The van der Waals surface area contributed by atoms with Crippen LogP contribution in [0.4, 0.5) is 20.4 Å². The number of rotatable bonds is 5. The summed E-state index contributed by atoms with van der Waals surface area (Å²) in [5.74, 6) is 0.375. The lowest BCUT2D eigenvalue weighted by molar-refractivity contribution is 0.194. The first-order valence-electron chi connectivity index (χ1n) is 8.55. The van der Waals surface area contributed by atoms with Crippen molar-refractivity contribution in [2.24, 2.45) is 5.92 Å². The first-order valence-corrected chi connectivity index (χ1v) is 8.55. The van der Waals surface area contributed by atoms with Crippen molar-refractivity contribution in [1.29, 1.82) is 0 Å². The molecule has 1 aromatic carbocycles. The van der Waals surface area contributed by atoms with Gasteiger partial charge in [0.1, 0.15) is 18.0 Å². The molecule has 4 rings (SSSR count). The predicted molar refractivity (Wildman–Crippen MR) is 90.3 cm³/mol. The van der Waals surface area contributed by atoms with E-state index in [-0.39, 0.29) is 6.04 Å². The fraction of sp³-hybridized carbons (Fsp3) is 0.444. The van der Waals surface area contributed by atoms with Gasteiger partial charge in [0, 0.05) is 19.2 Å². The molecule has 5 nitrogen and oxygen atoms in total. The quantitative estimate of drug-likeness (QED) is 0.872. The van der Waals surface area contributed by atoms with Crippen LogP contribution in [-0.4, -0.2) is 34.3 Å². The SMILES string of the molecule is OC1CC(c2ccc(F)c(F)c2)N(c2cc(NCC3CC3)ncn2)C1. The van der Waals surface area contributed by atoms with Crippen LogP contribution in [-0.2, 0) is 0 Å². The molecule has 0 amide bonds. The van der Waals surface area contributed by atoms with Crippen LogP contribution in [0.1, 0.15) is 30.9 Å². The average molecular weight is 346 g/mol. The monoisotopic (exact) mass is 346 g/mol. The molecule has 2 heterocycles. The maximum absolute atomic E-state index is 13.6. The molecule has 0 spiro atoms. The Kier molecular flexibility index (Phi) is 4.25. The Hall–Kier alpha value is -2.28. The summed E-state index contributed by atoms with van der Waals surface area (Å²) in [6.45, 7) is 1.29. The fourth-order valence-corrected chi connectivity index (χ4v) is 3.27. The van der Waals surface area contributed by atoms with Crippen molar-refractivity contribution in [3.63, 3.8) is 0 Å². The van der Waals surface area contributed by atoms with E-state index in [0.717, 1.165) is 24.3 Å². The van der Waals surface area contributed by atoms with Gasteiger partial charge in [-0.3, -0.25) is 0 Å². The molecule has 132 valence electrons. The van der Waals surface area contributed by atoms with Crippen LogP contribution >= 0.6 is 0 Å². The van der Waals surface area contributed by atoms with Crippen LogP contribution in [0.3, 0.4) is 0 Å². The van der Waals surface area contributed by atoms with Gasteiger partial charge in [0.2, 0.25) is 0 Å². The largest absolute Gasteiger partial charge is 0.391 e. The van der Waals surface area contributed by atoms with E-state index in [2.05, 4.69) is 15.3 Å². The second kappa shape index (κ2) is 6.55. The van der Waals surface area contributed by atoms with Crippen LogP contribution in [0.15, 0.2) is 30.6 Å². The zero-order chi connectivity index (χ0) is 17.4. The number of hydrogen-bond acceptors (Lipinski definition) is 5. The van der Waals surface area contributed by atoms with Crippen LogP contribution in [0.5, 0.6) is 0 Å². The van der Waals surface area contributed by atoms with Crippen molar-refractivity contribution in [1.82, 2.24) is 9.97 Å². The number of aliphatic hydroxyl groups excluding tert-OH is 1. The number of hydrogen-bond donors (Lipinski definition) is 2. The summed E-state index contributed by atoms with van der Waals surface area (Å²) in [4.78, 5) is 10.5. The molecule has 2 fully saturated rings. The average Bonchev–Trinajstić information content (AvgIpc) is 3.36. The molecular formula is C18H20F2N4O. The van der Waals surface area contributed by atoms with Crippen molar-refractivity contribution >= 4 is 11.6 Å². The highest BCUT2D eigenvalue weighted by atomic mass is 19.2. The maximum atomic E-state index is 13.6. The Morgan fingerprint density at radius 2 is 2.00 bits per heavy atom. The van der Waals surface area contributed by atoms with E-state index in [9.17, 15) is 13.9 Å². The standard InChI is InChI=1S/C18H20F2N4O/c19-14-4-3-12(5-15(14)20)16-6-13(25)9-24(16)18-7-17(22-10-23-18)21-8-11-1-2-11/h3-5,7,10-11,13,16,25H,1-2,6,8-9H2,(H,21,22,23). The summed E-state index contributed by atoms with van der Waals surface area (Å²) in [5.41, 5.74) is 0.626. The van der Waals surface area contributed by atoms with E-state index in [0.29, 0.717) is 24.3 Å². The predicted octanol–water partition coefficient (Wildman–Crippen LogP) is 2.89. The smallest absolute Gasteiger partial charge is 0.159 e. The highest BCUT2D eigenvalue weighted by Gasteiger charge is 2.33. The number of aromatic nitrogens is 2. The van der Waals surface area contributed by atoms with Gasteiger partial charge in [-0.2, -0.15) is 0 Å². The third-order valence-corrected chi connectivity index (χ3v) is 4.82. The lowest BCUT2D eigenvalue weighted by Gasteiger charge is -2.26. The molecule has 7 heteroatoms. The van der Waals surface area contributed by atoms with Crippen LogP contribution < -0.4 is 10.2 Å². The van der Waals surface area contributed by atoms with Gasteiger partial charge < -0.3 is 15.3 Å². The molecule has 1 saturated carbocycles. The lowest BCUT2D eigenvalue weighted by atomic mass is 10.0. The molecule has 0 bridgehead atoms. The Bertz CT molecular complexity index is 768. The van der Waals surface area contributed by atoms with E-state index in [1.165, 1.54) is 25.2 Å². The summed E-state index contributed by atoms with van der Waals surface area (Å²) in [6.07, 6.45) is 3.89. The Labute approximate surface area is 144 Å². The van der Waals surface area contributed by atoms with Gasteiger partial charge >= 0.3 is 0 Å². The number of aliphatic hydroxyl groups is 1. The van der Waals surface area contributed by atoms with Crippen molar-refractivity contribution in [2.45, 2.75) is 31.4 Å². The van der Waals surface area contributed by atoms with Gasteiger partial charge in [0.15, 0.2) is 11.6 Å². The second-order valence-corrected chi connectivity index (χ2v) is 6.82. The Balaban J connectivity index is 1.58. The van der Waals surface area contributed by atoms with Gasteiger partial charge in [-0.05, 0) is 42.9 Å². The van der Waals surface area contributed by atoms with E-state index in [1.807, 2.05) is 11.0 Å². The number of β-amino-alcohol motifs (C(OH)–C–C–N with tert-alkyl or cyclic N) is 1. The summed E-state index contributed by atoms with van der Waals surface area (Å²) < 4.78 is 26.8. The highest BCUT2D eigenvalue weighted by molar-refractivity contribution is 5.51. The van der Waals surface area contributed by atoms with E-state index in [4.69, 9.17) is 0 Å². The maximum Gasteiger partial charge on any atom is 0.159 e. The summed E-state index contributed by atoms with van der Waals surface area (Å²) in [5, 5.41) is 13.4. The highest BCUT2D eigenvalue weighted by Crippen LogP contribution is 2.36. The van der Waals surface area contributed by atoms with Gasteiger partial charge in [-0.15, -0.1) is 0 Å². The van der Waals surface area contributed by atoms with E-state index in [1.54, 1.807) is 6.07 Å². The molecule has 2 aliphatic rings. The van der Waals surface area contributed by atoms with Crippen LogP contribution in [0, 0.1) is 17.6 Å². The number of nitrogens with zero attached hydrogens (tertiary/aromatic N) is 3. The number of halogens is 2. The minimum atomic E-state index is -0.881. The molecule has 2 aromatic rings. The Morgan fingerprint density at radius 3 is 2.76 bits per heavy atom. The normalized spacial score (nSPS) is 23.1. The topological polar surface area (TPSA) is 61.3 Å². The van der Waals surface area contributed by atoms with Gasteiger partial charge in [-0.25, -0.2) is 18.7 Å². The van der Waals surface area contributed by atoms with Crippen LogP contribution in [0.2, 0.25) is 0 Å². The first-order chi connectivity index (χ1) is 12.1. The molecule has 1 saturated heterocycles. The van der Waals surface area contributed by atoms with Crippen LogP contribution in [0.25, 0.3) is 0 Å². The minimum Gasteiger partial charge on any atom is -0.391 e. The van der Waals surface area contributed by atoms with Gasteiger partial charge in [0.05, 0.1) is 12.1 Å². The van der Waals surface area contributed by atoms with Gasteiger partial charge in [-0.1, -0.05) is 6.07 Å². The number of anilines is 2. The summed E-state index contributed by atoms with van der Waals surface area (Å²) in [6, 6.07) is 5.46. The molecule has 2 unspecified atom stereocenters. The fourth-order valence-electron chi connectivity index (χ4n) is 3.27. The number of benzene rings is 1. The molecule has 0 radical (unpaired) electrons. The molecule has 2 atom stereocenters. The summed E-state index contributed by atoms with van der Waals surface area (Å²) >= 11 is 0. The third-order valence-electron chi connectivity index (χ3n) is 4.82. The number of nitrogens with one attached hydrogen (secondary N) is 1. The minimum absolute atomic E-state index is 0.253. The second-order valence-electron chi connectivity index (χ2n) is 6.82. The van der Waals surface area contributed by atoms with Crippen molar-refractivity contribution < 1.29 is 13.9 Å². The van der Waals surface area contributed by atoms with Crippen molar-refractivity contribution in [3.8, 4) is 0 Å². The third kappa shape index (κ3) is 3.56. The first kappa shape index (κ1) is 16.2. The molecule has 25 heavy (non-hydrogen) atoms. The van der Waals surface area contributed by atoms with E-state index < -0.39 is 17.7 Å². The molecule has 1 aliphatic carbocycles. The van der Waals surface area contributed by atoms with Crippen molar-refractivity contribution in [3.05, 3.63) is 47.8 Å². The van der Waals surface area contributed by atoms with E-state index >= 15 is 0 Å².